The Morgan fingerprint density at radius 3 is 2.72 bits per heavy atom. The first-order valence-electron chi connectivity index (χ1n) is 7.29. The van der Waals surface area contributed by atoms with E-state index in [2.05, 4.69) is 5.32 Å². The van der Waals surface area contributed by atoms with Crippen molar-refractivity contribution in [3.05, 3.63) is 0 Å². The highest BCUT2D eigenvalue weighted by Gasteiger charge is 2.41. The van der Waals surface area contributed by atoms with E-state index in [4.69, 9.17) is 9.47 Å². The van der Waals surface area contributed by atoms with Crippen LogP contribution in [0.25, 0.3) is 0 Å². The fraction of sp³-hybridized carbons (Fsp3) is 1.00. The SMILES string of the molecule is CCC(O)(CC)CNC1CCOC2(CCOC2)C1. The van der Waals surface area contributed by atoms with Crippen molar-refractivity contribution in [2.24, 2.45) is 0 Å². The molecule has 2 aliphatic rings. The van der Waals surface area contributed by atoms with Gasteiger partial charge in [0.2, 0.25) is 0 Å². The first-order valence-corrected chi connectivity index (χ1v) is 7.29. The van der Waals surface area contributed by atoms with Crippen molar-refractivity contribution in [1.29, 1.82) is 0 Å². The number of aliphatic hydroxyl groups is 1. The van der Waals surface area contributed by atoms with Gasteiger partial charge >= 0.3 is 0 Å². The molecule has 0 aromatic heterocycles. The number of hydrogen-bond acceptors (Lipinski definition) is 4. The van der Waals surface area contributed by atoms with Gasteiger partial charge in [0.15, 0.2) is 0 Å². The molecular weight excluding hydrogens is 230 g/mol. The molecule has 2 N–H and O–H groups in total. The van der Waals surface area contributed by atoms with Crippen LogP contribution in [0.4, 0.5) is 0 Å². The lowest BCUT2D eigenvalue weighted by Crippen LogP contribution is -2.51. The summed E-state index contributed by atoms with van der Waals surface area (Å²) in [6, 6.07) is 0.449. The first-order chi connectivity index (χ1) is 8.61. The van der Waals surface area contributed by atoms with Crippen LogP contribution in [0.15, 0.2) is 0 Å². The van der Waals surface area contributed by atoms with E-state index in [9.17, 15) is 5.11 Å². The molecule has 18 heavy (non-hydrogen) atoms. The topological polar surface area (TPSA) is 50.7 Å². The third-order valence-corrected chi connectivity index (χ3v) is 4.60. The molecule has 0 radical (unpaired) electrons. The van der Waals surface area contributed by atoms with Crippen LogP contribution in [-0.2, 0) is 9.47 Å². The van der Waals surface area contributed by atoms with E-state index < -0.39 is 5.60 Å². The minimum absolute atomic E-state index is 0.0491. The Hall–Kier alpha value is -0.160. The third kappa shape index (κ3) is 3.23. The normalized spacial score (nSPS) is 33.2. The van der Waals surface area contributed by atoms with Crippen LogP contribution in [0.5, 0.6) is 0 Å². The van der Waals surface area contributed by atoms with Gasteiger partial charge in [-0.3, -0.25) is 0 Å². The van der Waals surface area contributed by atoms with Gasteiger partial charge in [-0.1, -0.05) is 13.8 Å². The summed E-state index contributed by atoms with van der Waals surface area (Å²) in [6.45, 7) is 7.12. The highest BCUT2D eigenvalue weighted by molar-refractivity contribution is 4.93. The monoisotopic (exact) mass is 257 g/mol. The molecule has 0 bridgehead atoms. The van der Waals surface area contributed by atoms with Crippen LogP contribution in [0.1, 0.15) is 46.0 Å². The number of nitrogens with one attached hydrogen (secondary N) is 1. The summed E-state index contributed by atoms with van der Waals surface area (Å²) in [6.07, 6.45) is 4.65. The zero-order valence-electron chi connectivity index (χ0n) is 11.7. The van der Waals surface area contributed by atoms with Gasteiger partial charge < -0.3 is 19.9 Å². The summed E-state index contributed by atoms with van der Waals surface area (Å²) in [5, 5.41) is 13.8. The number of hydrogen-bond donors (Lipinski definition) is 2. The zero-order chi connectivity index (χ0) is 13.1. The Kier molecular flexibility index (Phi) is 4.64. The Morgan fingerprint density at radius 1 is 1.33 bits per heavy atom. The molecule has 0 amide bonds. The van der Waals surface area contributed by atoms with E-state index in [0.29, 0.717) is 12.6 Å². The Morgan fingerprint density at radius 2 is 2.11 bits per heavy atom. The quantitative estimate of drug-likeness (QED) is 0.783. The van der Waals surface area contributed by atoms with E-state index in [1.165, 1.54) is 0 Å². The van der Waals surface area contributed by atoms with E-state index in [1.807, 2.05) is 13.8 Å². The second-order valence-corrected chi connectivity index (χ2v) is 5.84. The van der Waals surface area contributed by atoms with E-state index in [0.717, 1.165) is 51.9 Å². The summed E-state index contributed by atoms with van der Waals surface area (Å²) in [4.78, 5) is 0. The summed E-state index contributed by atoms with van der Waals surface area (Å²) in [5.74, 6) is 0. The average Bonchev–Trinajstić information content (AvgIpc) is 2.84. The molecule has 0 aliphatic carbocycles. The van der Waals surface area contributed by atoms with Crippen molar-refractivity contribution < 1.29 is 14.6 Å². The van der Waals surface area contributed by atoms with Crippen LogP contribution >= 0.6 is 0 Å². The van der Waals surface area contributed by atoms with E-state index >= 15 is 0 Å². The van der Waals surface area contributed by atoms with E-state index in [1.54, 1.807) is 0 Å². The van der Waals surface area contributed by atoms with Gasteiger partial charge in [0.05, 0.1) is 17.8 Å². The number of rotatable bonds is 5. The van der Waals surface area contributed by atoms with Gasteiger partial charge in [-0.25, -0.2) is 0 Å². The summed E-state index contributed by atoms with van der Waals surface area (Å²) in [5.41, 5.74) is -0.607. The molecule has 4 nitrogen and oxygen atoms in total. The van der Waals surface area contributed by atoms with Gasteiger partial charge in [0, 0.05) is 32.2 Å². The molecular formula is C14H27NO3. The van der Waals surface area contributed by atoms with E-state index in [-0.39, 0.29) is 5.60 Å². The van der Waals surface area contributed by atoms with Crippen LogP contribution in [0, 0.1) is 0 Å². The van der Waals surface area contributed by atoms with Crippen LogP contribution in [0.2, 0.25) is 0 Å². The Bertz CT molecular complexity index is 260. The molecule has 2 atom stereocenters. The van der Waals surface area contributed by atoms with Crippen molar-refractivity contribution in [2.75, 3.05) is 26.4 Å². The van der Waals surface area contributed by atoms with Crippen molar-refractivity contribution in [3.63, 3.8) is 0 Å². The molecule has 2 unspecified atom stereocenters. The summed E-state index contributed by atoms with van der Waals surface area (Å²) in [7, 11) is 0. The number of ether oxygens (including phenoxy) is 2. The molecule has 106 valence electrons. The fourth-order valence-electron chi connectivity index (χ4n) is 2.90. The fourth-order valence-corrected chi connectivity index (χ4v) is 2.90. The molecule has 0 aromatic rings. The van der Waals surface area contributed by atoms with Gasteiger partial charge in [-0.2, -0.15) is 0 Å². The van der Waals surface area contributed by atoms with Gasteiger partial charge in [-0.05, 0) is 25.7 Å². The minimum atomic E-state index is -0.558. The van der Waals surface area contributed by atoms with Crippen LogP contribution in [0.3, 0.4) is 0 Å². The lowest BCUT2D eigenvalue weighted by atomic mass is 9.89. The van der Waals surface area contributed by atoms with Crippen molar-refractivity contribution >= 4 is 0 Å². The van der Waals surface area contributed by atoms with Gasteiger partial charge in [0.1, 0.15) is 0 Å². The van der Waals surface area contributed by atoms with Gasteiger partial charge in [0.25, 0.3) is 0 Å². The first kappa shape index (κ1) is 14.3. The standard InChI is InChI=1S/C14H27NO3/c1-3-13(16,4-2)10-15-12-5-7-18-14(9-12)6-8-17-11-14/h12,15-16H,3-11H2,1-2H3. The minimum Gasteiger partial charge on any atom is -0.389 e. The molecule has 2 saturated heterocycles. The zero-order valence-corrected chi connectivity index (χ0v) is 11.7. The van der Waals surface area contributed by atoms with Crippen molar-refractivity contribution in [1.82, 2.24) is 5.32 Å². The van der Waals surface area contributed by atoms with Gasteiger partial charge in [-0.15, -0.1) is 0 Å². The smallest absolute Gasteiger partial charge is 0.0951 e. The lowest BCUT2D eigenvalue weighted by molar-refractivity contribution is -0.0917. The highest BCUT2D eigenvalue weighted by Crippen LogP contribution is 2.33. The third-order valence-electron chi connectivity index (χ3n) is 4.60. The molecule has 2 rings (SSSR count). The summed E-state index contributed by atoms with van der Waals surface area (Å²) >= 11 is 0. The predicted octanol–water partition coefficient (Wildman–Crippen LogP) is 1.47. The lowest BCUT2D eigenvalue weighted by Gasteiger charge is -2.38. The predicted molar refractivity (Wildman–Crippen MR) is 70.7 cm³/mol. The molecule has 4 heteroatoms. The molecule has 0 saturated carbocycles. The summed E-state index contributed by atoms with van der Waals surface area (Å²) < 4.78 is 11.4. The van der Waals surface area contributed by atoms with Crippen molar-refractivity contribution in [2.45, 2.75) is 63.2 Å². The molecule has 2 fully saturated rings. The molecule has 1 spiro atoms. The molecule has 2 aliphatic heterocycles. The average molecular weight is 257 g/mol. The largest absolute Gasteiger partial charge is 0.389 e. The molecule has 0 aromatic carbocycles. The maximum atomic E-state index is 10.3. The Balaban J connectivity index is 1.82. The Labute approximate surface area is 110 Å². The van der Waals surface area contributed by atoms with Crippen molar-refractivity contribution in [3.8, 4) is 0 Å². The van der Waals surface area contributed by atoms with Crippen LogP contribution < -0.4 is 5.32 Å². The highest BCUT2D eigenvalue weighted by atomic mass is 16.6. The molecule has 2 heterocycles. The van der Waals surface area contributed by atoms with Crippen LogP contribution in [-0.4, -0.2) is 48.7 Å². The second kappa shape index (κ2) is 5.87. The maximum Gasteiger partial charge on any atom is 0.0951 e. The maximum absolute atomic E-state index is 10.3. The second-order valence-electron chi connectivity index (χ2n) is 5.84.